The predicted octanol–water partition coefficient (Wildman–Crippen LogP) is 0.0691. The molecule has 16 heavy (non-hydrogen) atoms. The van der Waals surface area contributed by atoms with Gasteiger partial charge >= 0.3 is 0 Å². The van der Waals surface area contributed by atoms with Crippen LogP contribution < -0.4 is 5.73 Å². The van der Waals surface area contributed by atoms with Crippen LogP contribution in [0.5, 0.6) is 0 Å². The number of nitrogens with one attached hydrogen (secondary N) is 1. The number of nitrogens with zero attached hydrogens (tertiary/aromatic N) is 1. The topological polar surface area (TPSA) is 87.2 Å². The maximum atomic E-state index is 11.0. The van der Waals surface area contributed by atoms with Gasteiger partial charge in [-0.3, -0.25) is 5.41 Å². The monoisotopic (exact) mass is 247 g/mol. The van der Waals surface area contributed by atoms with Crippen LogP contribution in [0.1, 0.15) is 19.3 Å². The third-order valence-corrected chi connectivity index (χ3v) is 3.90. The molecule has 1 fully saturated rings. The van der Waals surface area contributed by atoms with Crippen molar-refractivity contribution in [2.24, 2.45) is 11.1 Å². The number of nitrogens with two attached hydrogens (primary N) is 1. The minimum Gasteiger partial charge on any atom is -0.388 e. The van der Waals surface area contributed by atoms with E-state index in [2.05, 4.69) is 0 Å². The summed E-state index contributed by atoms with van der Waals surface area (Å²) in [5.74, 6) is 0.425. The highest BCUT2D eigenvalue weighted by atomic mass is 32.2. The predicted molar refractivity (Wildman–Crippen MR) is 65.4 cm³/mol. The molecule has 0 spiro atoms. The largest absolute Gasteiger partial charge is 0.388 e. The normalized spacial score (nSPS) is 18.7. The van der Waals surface area contributed by atoms with Gasteiger partial charge in [0.1, 0.15) is 9.84 Å². The summed E-state index contributed by atoms with van der Waals surface area (Å²) >= 11 is 0. The van der Waals surface area contributed by atoms with Gasteiger partial charge in [-0.1, -0.05) is 0 Å². The fourth-order valence-corrected chi connectivity index (χ4v) is 2.59. The molecule has 94 valence electrons. The van der Waals surface area contributed by atoms with Crippen LogP contribution in [0.4, 0.5) is 0 Å². The van der Waals surface area contributed by atoms with E-state index in [-0.39, 0.29) is 17.0 Å². The molecule has 0 aromatic heterocycles. The van der Waals surface area contributed by atoms with Gasteiger partial charge in [0.05, 0.1) is 11.6 Å². The zero-order valence-corrected chi connectivity index (χ0v) is 10.8. The maximum absolute atomic E-state index is 11.0. The highest BCUT2D eigenvalue weighted by Gasteiger charge is 2.43. The highest BCUT2D eigenvalue weighted by molar-refractivity contribution is 7.90. The lowest BCUT2D eigenvalue weighted by Crippen LogP contribution is -2.33. The molecule has 1 aliphatic carbocycles. The summed E-state index contributed by atoms with van der Waals surface area (Å²) in [6.45, 7) is 1.39. The van der Waals surface area contributed by atoms with Crippen molar-refractivity contribution in [3.8, 4) is 0 Å². The Balaban J connectivity index is 2.34. The van der Waals surface area contributed by atoms with E-state index in [4.69, 9.17) is 11.1 Å². The van der Waals surface area contributed by atoms with E-state index in [0.29, 0.717) is 13.0 Å². The molecule has 0 radical (unpaired) electrons. The van der Waals surface area contributed by atoms with Crippen LogP contribution in [0.25, 0.3) is 0 Å². The van der Waals surface area contributed by atoms with Gasteiger partial charge in [-0.05, 0) is 25.3 Å². The second kappa shape index (κ2) is 4.71. The smallest absolute Gasteiger partial charge is 0.148 e. The Bertz CT molecular complexity index is 360. The Morgan fingerprint density at radius 3 is 2.44 bits per heavy atom. The number of rotatable bonds is 7. The minimum atomic E-state index is -2.89. The average molecular weight is 247 g/mol. The molecule has 0 atom stereocenters. The molecule has 0 unspecified atom stereocenters. The highest BCUT2D eigenvalue weighted by Crippen LogP contribution is 2.49. The Morgan fingerprint density at radius 2 is 2.06 bits per heavy atom. The van der Waals surface area contributed by atoms with Crippen LogP contribution in [-0.4, -0.2) is 51.3 Å². The maximum Gasteiger partial charge on any atom is 0.148 e. The zero-order valence-electron chi connectivity index (χ0n) is 9.99. The summed E-state index contributed by atoms with van der Waals surface area (Å²) in [7, 11) is -0.964. The molecule has 3 N–H and O–H groups in total. The summed E-state index contributed by atoms with van der Waals surface area (Å²) in [5.41, 5.74) is 5.56. The fraction of sp³-hybridized carbons (Fsp3) is 0.900. The van der Waals surface area contributed by atoms with Crippen molar-refractivity contribution in [2.45, 2.75) is 19.3 Å². The van der Waals surface area contributed by atoms with Crippen molar-refractivity contribution in [3.63, 3.8) is 0 Å². The first-order chi connectivity index (χ1) is 7.22. The second-order valence-electron chi connectivity index (χ2n) is 5.07. The molecule has 0 amide bonds. The minimum absolute atomic E-state index is 0.151. The van der Waals surface area contributed by atoms with E-state index in [1.807, 2.05) is 11.9 Å². The molecular weight excluding hydrogens is 226 g/mol. The molecule has 0 bridgehead atoms. The number of amidine groups is 1. The molecule has 1 saturated carbocycles. The fourth-order valence-electron chi connectivity index (χ4n) is 1.94. The van der Waals surface area contributed by atoms with Crippen molar-refractivity contribution < 1.29 is 8.42 Å². The lowest BCUT2D eigenvalue weighted by Gasteiger charge is -2.22. The van der Waals surface area contributed by atoms with E-state index in [9.17, 15) is 8.42 Å². The quantitative estimate of drug-likeness (QED) is 0.492. The van der Waals surface area contributed by atoms with E-state index in [0.717, 1.165) is 19.4 Å². The van der Waals surface area contributed by atoms with Gasteiger partial charge in [0.2, 0.25) is 0 Å². The number of sulfone groups is 1. The summed E-state index contributed by atoms with van der Waals surface area (Å²) in [4.78, 5) is 2.02. The first kappa shape index (κ1) is 13.4. The van der Waals surface area contributed by atoms with Gasteiger partial charge in [-0.25, -0.2) is 8.42 Å². The summed E-state index contributed by atoms with van der Waals surface area (Å²) < 4.78 is 22.0. The van der Waals surface area contributed by atoms with Gasteiger partial charge in [-0.2, -0.15) is 0 Å². The number of hydrogen-bond donors (Lipinski definition) is 2. The van der Waals surface area contributed by atoms with E-state index in [1.54, 1.807) is 0 Å². The van der Waals surface area contributed by atoms with Gasteiger partial charge in [-0.15, -0.1) is 0 Å². The van der Waals surface area contributed by atoms with Gasteiger partial charge in [0.25, 0.3) is 0 Å². The SMILES string of the molecule is CN(CCS(C)(=O)=O)CC1(CC(=N)N)CC1. The second-order valence-corrected chi connectivity index (χ2v) is 7.33. The number of hydrogen-bond acceptors (Lipinski definition) is 4. The Morgan fingerprint density at radius 1 is 1.50 bits per heavy atom. The Labute approximate surface area is 97.4 Å². The summed E-state index contributed by atoms with van der Waals surface area (Å²) in [5, 5.41) is 7.30. The third kappa shape index (κ3) is 4.94. The summed E-state index contributed by atoms with van der Waals surface area (Å²) in [6, 6.07) is 0. The molecule has 6 heteroatoms. The molecule has 0 aromatic carbocycles. The average Bonchev–Trinajstić information content (AvgIpc) is 2.79. The van der Waals surface area contributed by atoms with Crippen molar-refractivity contribution in [3.05, 3.63) is 0 Å². The van der Waals surface area contributed by atoms with Crippen LogP contribution in [0.3, 0.4) is 0 Å². The van der Waals surface area contributed by atoms with E-state index < -0.39 is 9.84 Å². The zero-order chi connectivity index (χ0) is 12.4. The first-order valence-corrected chi connectivity index (χ1v) is 7.48. The molecule has 0 saturated heterocycles. The Kier molecular flexibility index (Phi) is 3.96. The lowest BCUT2D eigenvalue weighted by molar-refractivity contribution is 0.279. The van der Waals surface area contributed by atoms with Crippen LogP contribution in [0.15, 0.2) is 0 Å². The lowest BCUT2D eigenvalue weighted by atomic mass is 10.0. The Hall–Kier alpha value is -0.620. The van der Waals surface area contributed by atoms with Crippen molar-refractivity contribution in [2.75, 3.05) is 32.1 Å². The van der Waals surface area contributed by atoms with E-state index >= 15 is 0 Å². The molecule has 5 nitrogen and oxygen atoms in total. The van der Waals surface area contributed by atoms with Crippen molar-refractivity contribution >= 4 is 15.7 Å². The first-order valence-electron chi connectivity index (χ1n) is 5.42. The molecule has 1 aliphatic rings. The van der Waals surface area contributed by atoms with Crippen LogP contribution in [0.2, 0.25) is 0 Å². The molecular formula is C10H21N3O2S. The van der Waals surface area contributed by atoms with Crippen molar-refractivity contribution in [1.29, 1.82) is 5.41 Å². The molecule has 1 rings (SSSR count). The van der Waals surface area contributed by atoms with Crippen LogP contribution in [-0.2, 0) is 9.84 Å². The van der Waals surface area contributed by atoms with Gasteiger partial charge in [0, 0.05) is 25.8 Å². The standard InChI is InChI=1S/C10H21N3O2S/c1-13(5-6-16(2,14)15)8-10(3-4-10)7-9(11)12/h3-8H2,1-2H3,(H3,11,12). The van der Waals surface area contributed by atoms with Crippen LogP contribution >= 0.6 is 0 Å². The van der Waals surface area contributed by atoms with E-state index in [1.165, 1.54) is 6.26 Å². The molecule has 0 heterocycles. The van der Waals surface area contributed by atoms with Gasteiger partial charge < -0.3 is 10.6 Å². The van der Waals surface area contributed by atoms with Crippen LogP contribution in [0, 0.1) is 10.8 Å². The van der Waals surface area contributed by atoms with Gasteiger partial charge in [0.15, 0.2) is 0 Å². The molecule has 0 aliphatic heterocycles. The third-order valence-electron chi connectivity index (χ3n) is 2.97. The van der Waals surface area contributed by atoms with Crippen molar-refractivity contribution in [1.82, 2.24) is 4.90 Å². The molecule has 0 aromatic rings. The summed E-state index contributed by atoms with van der Waals surface area (Å²) in [6.07, 6.45) is 4.07.